The fourth-order valence-corrected chi connectivity index (χ4v) is 4.94. The number of hydrogen-bond donors (Lipinski definition) is 3. The minimum atomic E-state index is -0.795. The normalized spacial score (nSPS) is 25.2. The van der Waals surface area contributed by atoms with Gasteiger partial charge in [-0.25, -0.2) is 4.85 Å². The van der Waals surface area contributed by atoms with Crippen molar-refractivity contribution in [2.45, 2.75) is 37.4 Å². The molecule has 2 bridgehead atoms. The van der Waals surface area contributed by atoms with Gasteiger partial charge in [-0.05, 0) is 31.9 Å². The van der Waals surface area contributed by atoms with E-state index in [2.05, 4.69) is 9.83 Å². The van der Waals surface area contributed by atoms with E-state index in [1.165, 1.54) is 4.57 Å². The number of nitrogens with zero attached hydrogens (tertiary/aromatic N) is 3. The van der Waals surface area contributed by atoms with Crippen molar-refractivity contribution >= 4 is 16.6 Å². The monoisotopic (exact) mass is 377 g/mol. The predicted octanol–water partition coefficient (Wildman–Crippen LogP) is 3.60. The molecule has 0 amide bonds. The fraction of sp³-hybridized carbons (Fsp3) is 0.333. The maximum atomic E-state index is 11.2. The van der Waals surface area contributed by atoms with Crippen LogP contribution in [0.1, 0.15) is 37.3 Å². The molecule has 0 saturated carbocycles. The average Bonchev–Trinajstić information content (AvgIpc) is 3.26. The first-order valence-electron chi connectivity index (χ1n) is 9.20. The number of hydrogen-bond acceptors (Lipinski definition) is 5. The molecule has 1 saturated heterocycles. The van der Waals surface area contributed by atoms with Crippen LogP contribution in [0, 0.1) is 6.57 Å². The van der Waals surface area contributed by atoms with Crippen LogP contribution in [0.2, 0.25) is 0 Å². The highest BCUT2D eigenvalue weighted by Gasteiger charge is 2.61. The van der Waals surface area contributed by atoms with E-state index in [4.69, 9.17) is 11.3 Å². The Morgan fingerprint density at radius 3 is 2.75 bits per heavy atom. The van der Waals surface area contributed by atoms with E-state index in [0.29, 0.717) is 52.7 Å². The molecule has 7 heteroatoms. The number of rotatable bonds is 3. The zero-order valence-corrected chi connectivity index (χ0v) is 15.3. The van der Waals surface area contributed by atoms with Gasteiger partial charge in [-0.2, -0.15) is 0 Å². The number of aromatic nitrogens is 2. The van der Waals surface area contributed by atoms with Gasteiger partial charge in [0.25, 0.3) is 0 Å². The molecule has 7 nitrogen and oxygen atoms in total. The van der Waals surface area contributed by atoms with E-state index in [1.807, 2.05) is 13.0 Å². The molecule has 3 aromatic rings. The predicted molar refractivity (Wildman–Crippen MR) is 102 cm³/mol. The van der Waals surface area contributed by atoms with Gasteiger partial charge in [-0.1, -0.05) is 12.1 Å². The van der Waals surface area contributed by atoms with E-state index in [9.17, 15) is 15.3 Å². The quantitative estimate of drug-likeness (QED) is 0.607. The zero-order valence-electron chi connectivity index (χ0n) is 15.3. The van der Waals surface area contributed by atoms with E-state index in [0.717, 1.165) is 0 Å². The van der Waals surface area contributed by atoms with Crippen molar-refractivity contribution in [3.63, 3.8) is 0 Å². The Kier molecular flexibility index (Phi) is 3.33. The number of fused-ring (bicyclic) bond motifs is 6. The summed E-state index contributed by atoms with van der Waals surface area (Å²) in [6.07, 6.45) is 3.34. The van der Waals surface area contributed by atoms with Gasteiger partial charge in [0.1, 0.15) is 5.60 Å². The zero-order chi connectivity index (χ0) is 19.7. The fourth-order valence-electron chi connectivity index (χ4n) is 4.94. The molecule has 2 atom stereocenters. The Balaban J connectivity index is 1.83. The smallest absolute Gasteiger partial charge is 0.213 e. The van der Waals surface area contributed by atoms with Crippen LogP contribution in [0.5, 0.6) is 11.8 Å². The van der Waals surface area contributed by atoms with Crippen molar-refractivity contribution in [3.8, 4) is 17.4 Å². The van der Waals surface area contributed by atoms with E-state index in [1.54, 1.807) is 24.4 Å². The molecule has 3 N–H and O–H groups in total. The lowest BCUT2D eigenvalue weighted by atomic mass is 9.78. The largest absolute Gasteiger partial charge is 0.494 e. The van der Waals surface area contributed by atoms with Crippen LogP contribution in [-0.2, 0) is 15.9 Å². The molecule has 2 aromatic heterocycles. The number of aliphatic hydroxyl groups excluding tert-OH is 1. The molecule has 2 unspecified atom stereocenters. The molecule has 0 spiro atoms. The highest BCUT2D eigenvalue weighted by Crippen LogP contribution is 2.65. The Morgan fingerprint density at radius 2 is 2.00 bits per heavy atom. The SMILES string of the molecule is [C-]#[N+]c1ccc(-n2c(O)c3c(c2O)C2(CCO)CCC3(C)O2)c2cccnc12. The van der Waals surface area contributed by atoms with Crippen LogP contribution in [0.3, 0.4) is 0 Å². The molecule has 142 valence electrons. The van der Waals surface area contributed by atoms with Gasteiger partial charge >= 0.3 is 0 Å². The number of aromatic hydroxyl groups is 2. The van der Waals surface area contributed by atoms with Crippen molar-refractivity contribution in [2.75, 3.05) is 6.61 Å². The van der Waals surface area contributed by atoms with Crippen LogP contribution in [0.4, 0.5) is 5.69 Å². The van der Waals surface area contributed by atoms with Gasteiger partial charge in [0, 0.05) is 24.6 Å². The number of aliphatic hydroxyl groups is 1. The first-order valence-corrected chi connectivity index (χ1v) is 9.20. The Labute approximate surface area is 161 Å². The van der Waals surface area contributed by atoms with E-state index < -0.39 is 11.2 Å². The molecule has 2 aliphatic rings. The maximum absolute atomic E-state index is 11.2. The van der Waals surface area contributed by atoms with E-state index in [-0.39, 0.29) is 18.4 Å². The minimum absolute atomic E-state index is 0.0739. The van der Waals surface area contributed by atoms with Gasteiger partial charge < -0.3 is 20.1 Å². The molecular weight excluding hydrogens is 358 g/mol. The van der Waals surface area contributed by atoms with Crippen molar-refractivity contribution in [1.29, 1.82) is 0 Å². The average molecular weight is 377 g/mol. The van der Waals surface area contributed by atoms with Crippen molar-refractivity contribution < 1.29 is 20.1 Å². The van der Waals surface area contributed by atoms with E-state index >= 15 is 0 Å². The summed E-state index contributed by atoms with van der Waals surface area (Å²) in [5.41, 5.74) is 1.10. The summed E-state index contributed by atoms with van der Waals surface area (Å²) in [6.45, 7) is 9.19. The molecule has 28 heavy (non-hydrogen) atoms. The van der Waals surface area contributed by atoms with Crippen LogP contribution in [-0.4, -0.2) is 31.5 Å². The molecule has 0 radical (unpaired) electrons. The number of benzene rings is 1. The summed E-state index contributed by atoms with van der Waals surface area (Å²) >= 11 is 0. The summed E-state index contributed by atoms with van der Waals surface area (Å²) in [6, 6.07) is 6.91. The lowest BCUT2D eigenvalue weighted by molar-refractivity contribution is -0.0887. The van der Waals surface area contributed by atoms with Crippen molar-refractivity contribution in [3.05, 3.63) is 53.0 Å². The second-order valence-corrected chi connectivity index (χ2v) is 7.65. The lowest BCUT2D eigenvalue weighted by Gasteiger charge is -2.25. The summed E-state index contributed by atoms with van der Waals surface area (Å²) in [4.78, 5) is 7.83. The summed E-state index contributed by atoms with van der Waals surface area (Å²) in [7, 11) is 0. The first-order chi connectivity index (χ1) is 13.5. The lowest BCUT2D eigenvalue weighted by Crippen LogP contribution is -2.24. The second kappa shape index (κ2) is 5.47. The molecule has 4 heterocycles. The summed E-state index contributed by atoms with van der Waals surface area (Å²) < 4.78 is 7.63. The standard InChI is InChI=1S/C21H19N3O4/c1-20-7-8-21(28-20,9-11-25)16-15(20)18(26)24(19(16)27)14-6-5-13(22-2)17-12(14)4-3-10-23-17/h3-6,10,25-27H,7-9,11H2,1H3. The Morgan fingerprint density at radius 1 is 1.21 bits per heavy atom. The Hall–Kier alpha value is -3.08. The van der Waals surface area contributed by atoms with Gasteiger partial charge in [0.05, 0.1) is 34.5 Å². The number of pyridine rings is 1. The summed E-state index contributed by atoms with van der Waals surface area (Å²) in [5.74, 6) is -0.166. The van der Waals surface area contributed by atoms with Gasteiger partial charge in [0.15, 0.2) is 0 Å². The third kappa shape index (κ3) is 1.91. The Bertz CT molecular complexity index is 1170. The van der Waals surface area contributed by atoms with Crippen LogP contribution in [0.25, 0.3) is 21.4 Å². The van der Waals surface area contributed by atoms with Crippen LogP contribution >= 0.6 is 0 Å². The highest BCUT2D eigenvalue weighted by molar-refractivity contribution is 5.97. The molecule has 5 rings (SSSR count). The molecule has 1 aromatic carbocycles. The van der Waals surface area contributed by atoms with Crippen LogP contribution in [0.15, 0.2) is 30.5 Å². The third-order valence-electron chi connectivity index (χ3n) is 6.13. The minimum Gasteiger partial charge on any atom is -0.494 e. The topological polar surface area (TPSA) is 92.1 Å². The third-order valence-corrected chi connectivity index (χ3v) is 6.13. The molecule has 0 aliphatic carbocycles. The van der Waals surface area contributed by atoms with Crippen molar-refractivity contribution in [1.82, 2.24) is 9.55 Å². The van der Waals surface area contributed by atoms with Gasteiger partial charge in [-0.15, -0.1) is 0 Å². The van der Waals surface area contributed by atoms with Gasteiger partial charge in [-0.3, -0.25) is 9.55 Å². The van der Waals surface area contributed by atoms with Gasteiger partial charge in [0.2, 0.25) is 17.4 Å². The maximum Gasteiger partial charge on any atom is 0.213 e. The highest BCUT2D eigenvalue weighted by atomic mass is 16.5. The molecule has 2 aliphatic heterocycles. The number of ether oxygens (including phenoxy) is 1. The summed E-state index contributed by atoms with van der Waals surface area (Å²) in [5, 5.41) is 32.5. The van der Waals surface area contributed by atoms with Crippen LogP contribution < -0.4 is 0 Å². The molecule has 1 fully saturated rings. The van der Waals surface area contributed by atoms with Crippen molar-refractivity contribution in [2.24, 2.45) is 0 Å². The second-order valence-electron chi connectivity index (χ2n) is 7.65. The first kappa shape index (κ1) is 17.0. The molecular formula is C21H19N3O4.